The van der Waals surface area contributed by atoms with Crippen LogP contribution >= 0.6 is 11.3 Å². The Hall–Kier alpha value is -4.95. The second-order valence-corrected chi connectivity index (χ2v) is 11.2. The van der Waals surface area contributed by atoms with Crippen molar-refractivity contribution in [3.8, 4) is 11.5 Å². The number of hydrogen-bond donors (Lipinski definition) is 2. The van der Waals surface area contributed by atoms with Crippen LogP contribution in [0.5, 0.6) is 11.5 Å². The van der Waals surface area contributed by atoms with Gasteiger partial charge in [-0.3, -0.25) is 14.5 Å². The summed E-state index contributed by atoms with van der Waals surface area (Å²) in [6.07, 6.45) is 0.858. The van der Waals surface area contributed by atoms with Crippen LogP contribution < -0.4 is 9.64 Å². The third kappa shape index (κ3) is 5.01. The molecular formula is C34H28N2O5S. The van der Waals surface area contributed by atoms with Gasteiger partial charge >= 0.3 is 5.91 Å². The number of aryl methyl sites for hydroxylation is 2. The molecule has 0 bridgehead atoms. The number of fused-ring (bicyclic) bond motifs is 1. The summed E-state index contributed by atoms with van der Waals surface area (Å²) in [6, 6.07) is 26.2. The van der Waals surface area contributed by atoms with Crippen molar-refractivity contribution in [3.63, 3.8) is 0 Å². The van der Waals surface area contributed by atoms with E-state index in [9.17, 15) is 19.8 Å². The summed E-state index contributed by atoms with van der Waals surface area (Å²) >= 11 is 1.32. The average molecular weight is 577 g/mol. The molecule has 0 radical (unpaired) electrons. The Morgan fingerprint density at radius 2 is 1.71 bits per heavy atom. The van der Waals surface area contributed by atoms with Crippen molar-refractivity contribution in [2.45, 2.75) is 32.9 Å². The van der Waals surface area contributed by atoms with Crippen LogP contribution in [0.25, 0.3) is 16.0 Å². The van der Waals surface area contributed by atoms with Gasteiger partial charge in [0.15, 0.2) is 5.13 Å². The number of nitrogens with zero attached hydrogens (tertiary/aromatic N) is 2. The molecule has 6 rings (SSSR count). The number of amides is 1. The number of aromatic hydroxyl groups is 1. The number of carbonyl (C=O) groups excluding carboxylic acids is 2. The maximum atomic E-state index is 13.6. The van der Waals surface area contributed by atoms with Gasteiger partial charge in [-0.15, -0.1) is 0 Å². The SMILES string of the molecule is CCc1ccc2nc(N3C(=O)C(=O)/C(=C(/O)c4ccc(OCc5ccccc5)c(C)c4)C3c3ccc(O)cc3)sc2c1. The van der Waals surface area contributed by atoms with Gasteiger partial charge in [0, 0.05) is 5.56 Å². The number of benzene rings is 4. The number of rotatable bonds is 7. The zero-order valence-electron chi connectivity index (χ0n) is 23.1. The normalized spacial score (nSPS) is 16.3. The Morgan fingerprint density at radius 3 is 2.43 bits per heavy atom. The van der Waals surface area contributed by atoms with Crippen LogP contribution in [0.15, 0.2) is 96.6 Å². The highest BCUT2D eigenvalue weighted by molar-refractivity contribution is 7.22. The highest BCUT2D eigenvalue weighted by Gasteiger charge is 2.48. The number of ketones is 1. The van der Waals surface area contributed by atoms with Crippen molar-refractivity contribution >= 4 is 44.1 Å². The van der Waals surface area contributed by atoms with Gasteiger partial charge in [-0.25, -0.2) is 4.98 Å². The molecular weight excluding hydrogens is 548 g/mol. The number of carbonyl (C=O) groups is 2. The van der Waals surface area contributed by atoms with Crippen LogP contribution in [0.4, 0.5) is 5.13 Å². The largest absolute Gasteiger partial charge is 0.508 e. The lowest BCUT2D eigenvalue weighted by Gasteiger charge is -2.23. The summed E-state index contributed by atoms with van der Waals surface area (Å²) in [5, 5.41) is 21.8. The number of anilines is 1. The smallest absolute Gasteiger partial charge is 0.301 e. The quantitative estimate of drug-likeness (QED) is 0.122. The summed E-state index contributed by atoms with van der Waals surface area (Å²) in [4.78, 5) is 33.2. The predicted molar refractivity (Wildman–Crippen MR) is 164 cm³/mol. The first-order valence-corrected chi connectivity index (χ1v) is 14.4. The van der Waals surface area contributed by atoms with Crippen molar-refractivity contribution in [2.75, 3.05) is 4.90 Å². The van der Waals surface area contributed by atoms with Crippen molar-refractivity contribution in [1.29, 1.82) is 0 Å². The van der Waals surface area contributed by atoms with Gasteiger partial charge in [0.2, 0.25) is 0 Å². The molecule has 4 aromatic carbocycles. The van der Waals surface area contributed by atoms with E-state index in [1.165, 1.54) is 28.4 Å². The Bertz CT molecular complexity index is 1840. The number of aromatic nitrogens is 1. The second-order valence-electron chi connectivity index (χ2n) is 10.2. The van der Waals surface area contributed by atoms with Gasteiger partial charge in [0.25, 0.3) is 5.78 Å². The molecule has 2 heterocycles. The van der Waals surface area contributed by atoms with Crippen molar-refractivity contribution in [2.24, 2.45) is 0 Å². The molecule has 5 aromatic rings. The fourth-order valence-electron chi connectivity index (χ4n) is 5.13. The van der Waals surface area contributed by atoms with E-state index in [2.05, 4.69) is 11.9 Å². The van der Waals surface area contributed by atoms with E-state index in [0.717, 1.165) is 33.3 Å². The molecule has 1 saturated heterocycles. The number of ether oxygens (including phenoxy) is 1. The monoisotopic (exact) mass is 576 g/mol. The first kappa shape index (κ1) is 27.2. The molecule has 0 aliphatic carbocycles. The first-order valence-electron chi connectivity index (χ1n) is 13.6. The van der Waals surface area contributed by atoms with Gasteiger partial charge in [0.05, 0.1) is 21.8 Å². The number of phenolic OH excluding ortho intramolecular Hbond substituents is 1. The van der Waals surface area contributed by atoms with E-state index in [1.807, 2.05) is 55.5 Å². The Balaban J connectivity index is 1.42. The van der Waals surface area contributed by atoms with Crippen molar-refractivity contribution in [3.05, 3.63) is 124 Å². The third-order valence-electron chi connectivity index (χ3n) is 7.39. The highest BCUT2D eigenvalue weighted by Crippen LogP contribution is 2.45. The van der Waals surface area contributed by atoms with E-state index < -0.39 is 17.7 Å². The molecule has 1 atom stereocenters. The van der Waals surface area contributed by atoms with Gasteiger partial charge in [0.1, 0.15) is 23.9 Å². The molecule has 210 valence electrons. The van der Waals surface area contributed by atoms with Crippen molar-refractivity contribution in [1.82, 2.24) is 4.98 Å². The number of hydrogen-bond acceptors (Lipinski definition) is 7. The minimum Gasteiger partial charge on any atom is -0.508 e. The molecule has 42 heavy (non-hydrogen) atoms. The summed E-state index contributed by atoms with van der Waals surface area (Å²) in [5.41, 5.74) is 4.56. The molecule has 1 fully saturated rings. The molecule has 7 nitrogen and oxygen atoms in total. The zero-order valence-corrected chi connectivity index (χ0v) is 23.9. The third-order valence-corrected chi connectivity index (χ3v) is 8.41. The van der Waals surface area contributed by atoms with Crippen molar-refractivity contribution < 1.29 is 24.5 Å². The summed E-state index contributed by atoms with van der Waals surface area (Å²) < 4.78 is 6.89. The maximum Gasteiger partial charge on any atom is 0.301 e. The lowest BCUT2D eigenvalue weighted by Crippen LogP contribution is -2.29. The number of aliphatic hydroxyl groups is 1. The lowest BCUT2D eigenvalue weighted by atomic mass is 9.95. The second kappa shape index (κ2) is 11.1. The molecule has 8 heteroatoms. The van der Waals surface area contributed by atoms with Crippen LogP contribution in [0.2, 0.25) is 0 Å². The van der Waals surface area contributed by atoms with E-state index >= 15 is 0 Å². The lowest BCUT2D eigenvalue weighted by molar-refractivity contribution is -0.132. The molecule has 1 aliphatic heterocycles. The Labute approximate surface area is 247 Å². The number of Topliss-reactive ketones (excluding diaryl/α,β-unsaturated/α-hetero) is 1. The molecule has 0 spiro atoms. The van der Waals surface area contributed by atoms with Crippen LogP contribution in [0, 0.1) is 6.92 Å². The Kier molecular flexibility index (Phi) is 7.22. The first-order chi connectivity index (χ1) is 20.3. The fraction of sp³-hybridized carbons (Fsp3) is 0.147. The summed E-state index contributed by atoms with van der Waals surface area (Å²) in [5.74, 6) is -1.18. The van der Waals surface area contributed by atoms with E-state index in [1.54, 1.807) is 30.3 Å². The van der Waals surface area contributed by atoms with Crippen LogP contribution in [0.1, 0.15) is 40.8 Å². The van der Waals surface area contributed by atoms with Gasteiger partial charge in [-0.05, 0) is 78.1 Å². The van der Waals surface area contributed by atoms with E-state index in [4.69, 9.17) is 4.74 Å². The molecule has 1 unspecified atom stereocenters. The zero-order chi connectivity index (χ0) is 29.4. The highest BCUT2D eigenvalue weighted by atomic mass is 32.1. The van der Waals surface area contributed by atoms with Crippen LogP contribution in [-0.4, -0.2) is 26.9 Å². The topological polar surface area (TPSA) is 100.0 Å². The van der Waals surface area contributed by atoms with E-state index in [0.29, 0.717) is 28.6 Å². The minimum atomic E-state index is -0.939. The van der Waals surface area contributed by atoms with Gasteiger partial charge in [-0.2, -0.15) is 0 Å². The maximum absolute atomic E-state index is 13.6. The molecule has 0 saturated carbocycles. The number of aliphatic hydroxyl groups excluding tert-OH is 1. The van der Waals surface area contributed by atoms with Crippen LogP contribution in [-0.2, 0) is 22.6 Å². The fourth-order valence-corrected chi connectivity index (χ4v) is 6.19. The van der Waals surface area contributed by atoms with Crippen LogP contribution in [0.3, 0.4) is 0 Å². The summed E-state index contributed by atoms with van der Waals surface area (Å²) in [7, 11) is 0. The predicted octanol–water partition coefficient (Wildman–Crippen LogP) is 7.08. The molecule has 1 amide bonds. The average Bonchev–Trinajstić information content (AvgIpc) is 3.54. The number of phenols is 1. The van der Waals surface area contributed by atoms with E-state index in [-0.39, 0.29) is 17.1 Å². The molecule has 2 N–H and O–H groups in total. The number of thiazole rings is 1. The molecule has 1 aliphatic rings. The minimum absolute atomic E-state index is 0.0449. The van der Waals surface area contributed by atoms with Gasteiger partial charge < -0.3 is 14.9 Å². The molecule has 1 aromatic heterocycles. The standard InChI is InChI=1S/C34H28N2O5S/c1-3-21-9-15-26-28(18-21)42-34(35-26)36-30(23-10-13-25(37)14-11-23)29(32(39)33(36)40)31(38)24-12-16-27(20(2)17-24)41-19-22-7-5-4-6-8-22/h4-18,30,37-38H,3,19H2,1-2H3/b31-29+. The summed E-state index contributed by atoms with van der Waals surface area (Å²) in [6.45, 7) is 4.32. The Morgan fingerprint density at radius 1 is 0.952 bits per heavy atom. The van der Waals surface area contributed by atoms with Gasteiger partial charge in [-0.1, -0.05) is 66.8 Å².